The Labute approximate surface area is 192 Å². The second-order valence-electron chi connectivity index (χ2n) is 7.91. The summed E-state index contributed by atoms with van der Waals surface area (Å²) < 4.78 is 13.9. The minimum Gasteiger partial charge on any atom is -0.425 e. The number of aliphatic hydroxyl groups excluding tert-OH is 1. The lowest BCUT2D eigenvalue weighted by Gasteiger charge is -2.31. The number of hydrogen-bond acceptors (Lipinski definition) is 6. The molecule has 1 aliphatic rings. The van der Waals surface area contributed by atoms with Crippen LogP contribution in [0, 0.1) is 12.7 Å². The van der Waals surface area contributed by atoms with E-state index in [9.17, 15) is 14.4 Å². The molecule has 0 unspecified atom stereocenters. The Bertz CT molecular complexity index is 1190. The number of aromatic nitrogens is 2. The summed E-state index contributed by atoms with van der Waals surface area (Å²) in [5.41, 5.74) is 4.16. The Hall–Kier alpha value is -3.23. The van der Waals surface area contributed by atoms with Gasteiger partial charge in [-0.2, -0.15) is 4.73 Å². The summed E-state index contributed by atoms with van der Waals surface area (Å²) >= 11 is 0. The Balaban J connectivity index is 0.000000968. The normalized spacial score (nSPS) is 12.8. The smallest absolute Gasteiger partial charge is 0.309 e. The van der Waals surface area contributed by atoms with Crippen molar-refractivity contribution in [1.29, 1.82) is 0 Å². The molecule has 0 amide bonds. The van der Waals surface area contributed by atoms with E-state index < -0.39 is 5.56 Å². The second kappa shape index (κ2) is 11.1. The molecule has 3 N–H and O–H groups in total. The number of hydrogen-bond donors (Lipinski definition) is 3. The first-order chi connectivity index (χ1) is 15.9. The largest absolute Gasteiger partial charge is 0.425 e. The van der Waals surface area contributed by atoms with E-state index in [1.807, 2.05) is 0 Å². The van der Waals surface area contributed by atoms with Gasteiger partial charge in [0.1, 0.15) is 11.3 Å². The average molecular weight is 455 g/mol. The van der Waals surface area contributed by atoms with E-state index in [1.165, 1.54) is 12.1 Å². The molecule has 0 saturated heterocycles. The van der Waals surface area contributed by atoms with Crippen LogP contribution in [0.2, 0.25) is 0 Å². The number of aliphatic hydroxyl groups is 1. The second-order valence-corrected chi connectivity index (χ2v) is 7.91. The molecule has 2 aromatic heterocycles. The van der Waals surface area contributed by atoms with Gasteiger partial charge < -0.3 is 20.5 Å². The molecule has 4 rings (SSSR count). The Morgan fingerprint density at radius 1 is 1.21 bits per heavy atom. The van der Waals surface area contributed by atoms with Crippen LogP contribution in [-0.2, 0) is 6.54 Å². The van der Waals surface area contributed by atoms with Crippen LogP contribution >= 0.6 is 0 Å². The van der Waals surface area contributed by atoms with Gasteiger partial charge in [-0.15, -0.1) is 0 Å². The van der Waals surface area contributed by atoms with E-state index in [4.69, 9.17) is 5.11 Å². The molecule has 0 spiro atoms. The molecule has 0 bridgehead atoms. The first-order valence-corrected chi connectivity index (χ1v) is 11.2. The number of fused-ring (bicyclic) bond motifs is 3. The highest BCUT2D eigenvalue weighted by Crippen LogP contribution is 2.36. The Morgan fingerprint density at radius 2 is 1.91 bits per heavy atom. The van der Waals surface area contributed by atoms with E-state index in [-0.39, 0.29) is 17.9 Å². The van der Waals surface area contributed by atoms with Crippen molar-refractivity contribution >= 4 is 22.2 Å². The quantitative estimate of drug-likeness (QED) is 0.390. The van der Waals surface area contributed by atoms with Crippen molar-refractivity contribution in [1.82, 2.24) is 15.0 Å². The molecule has 3 aromatic rings. The first kappa shape index (κ1) is 24.4. The lowest BCUT2D eigenvalue weighted by Crippen LogP contribution is -2.30. The van der Waals surface area contributed by atoms with Gasteiger partial charge in [-0.3, -0.25) is 4.79 Å². The molecule has 0 fully saturated rings. The van der Waals surface area contributed by atoms with Gasteiger partial charge >= 0.3 is 5.56 Å². The van der Waals surface area contributed by atoms with Crippen LogP contribution in [0.3, 0.4) is 0 Å². The van der Waals surface area contributed by atoms with Gasteiger partial charge in [0, 0.05) is 37.2 Å². The number of aryl methyl sites for hydroxylation is 1. The molecule has 176 valence electrons. The lowest BCUT2D eigenvalue weighted by atomic mass is 9.95. The molecule has 3 heterocycles. The van der Waals surface area contributed by atoms with Crippen molar-refractivity contribution in [2.24, 2.45) is 0 Å². The van der Waals surface area contributed by atoms with Crippen LogP contribution in [0.15, 0.2) is 47.4 Å². The SMILES string of the molecule is CCCNCC1=CCN(Cc2ccc(F)cc2)c2cnc3c(=O)n(O)c(C)cc3c21.CCO. The fourth-order valence-corrected chi connectivity index (χ4v) is 3.88. The highest BCUT2D eigenvalue weighted by molar-refractivity contribution is 5.98. The zero-order valence-corrected chi connectivity index (χ0v) is 19.3. The lowest BCUT2D eigenvalue weighted by molar-refractivity contribution is 0.170. The third kappa shape index (κ3) is 5.40. The van der Waals surface area contributed by atoms with Gasteiger partial charge in [-0.25, -0.2) is 9.37 Å². The minimum absolute atomic E-state index is 0.242. The van der Waals surface area contributed by atoms with Gasteiger partial charge in [0.15, 0.2) is 0 Å². The predicted molar refractivity (Wildman–Crippen MR) is 129 cm³/mol. The highest BCUT2D eigenvalue weighted by Gasteiger charge is 2.24. The summed E-state index contributed by atoms with van der Waals surface area (Å²) in [6.07, 6.45) is 4.89. The van der Waals surface area contributed by atoms with Gasteiger partial charge in [0.2, 0.25) is 0 Å². The molecular weight excluding hydrogens is 423 g/mol. The Kier molecular flexibility index (Phi) is 8.19. The molecule has 33 heavy (non-hydrogen) atoms. The minimum atomic E-state index is -0.524. The maximum absolute atomic E-state index is 13.3. The molecule has 1 aliphatic heterocycles. The number of halogens is 1. The fraction of sp³-hybridized carbons (Fsp3) is 0.360. The van der Waals surface area contributed by atoms with Gasteiger partial charge in [0.25, 0.3) is 0 Å². The predicted octanol–water partition coefficient (Wildman–Crippen LogP) is 3.48. The van der Waals surface area contributed by atoms with Gasteiger partial charge in [-0.05, 0) is 56.1 Å². The standard InChI is InChI=1S/C23H25FN4O2.C2H6O/c1-3-9-25-12-17-8-10-27(14-16-4-6-18(24)7-5-16)20-13-26-22-19(21(17)20)11-15(2)28(30)23(22)29;1-2-3/h4-8,11,13,25,30H,3,9-10,12,14H2,1-2H3;3H,2H2,1H3. The third-order valence-electron chi connectivity index (χ3n) is 5.43. The van der Waals surface area contributed by atoms with E-state index >= 15 is 0 Å². The zero-order chi connectivity index (χ0) is 24.0. The molecular formula is C25H31FN4O3. The van der Waals surface area contributed by atoms with E-state index in [0.717, 1.165) is 40.7 Å². The molecule has 7 nitrogen and oxygen atoms in total. The van der Waals surface area contributed by atoms with Crippen molar-refractivity contribution in [3.05, 3.63) is 75.6 Å². The summed E-state index contributed by atoms with van der Waals surface area (Å²) in [5.74, 6) is -0.259. The number of rotatable bonds is 6. The maximum atomic E-state index is 13.3. The van der Waals surface area contributed by atoms with Crippen molar-refractivity contribution in [3.8, 4) is 0 Å². The van der Waals surface area contributed by atoms with Crippen molar-refractivity contribution in [2.45, 2.75) is 33.7 Å². The first-order valence-electron chi connectivity index (χ1n) is 11.2. The van der Waals surface area contributed by atoms with E-state index in [2.05, 4.69) is 28.2 Å². The zero-order valence-electron chi connectivity index (χ0n) is 19.3. The molecule has 8 heteroatoms. The molecule has 0 atom stereocenters. The molecule has 0 aliphatic carbocycles. The maximum Gasteiger partial charge on any atom is 0.309 e. The summed E-state index contributed by atoms with van der Waals surface area (Å²) in [6, 6.07) is 8.28. The van der Waals surface area contributed by atoms with E-state index in [0.29, 0.717) is 30.1 Å². The fourth-order valence-electron chi connectivity index (χ4n) is 3.88. The number of nitrogens with one attached hydrogen (secondary N) is 1. The van der Waals surface area contributed by atoms with Crippen LogP contribution in [0.5, 0.6) is 0 Å². The Morgan fingerprint density at radius 3 is 2.58 bits per heavy atom. The van der Waals surface area contributed by atoms with Crippen molar-refractivity contribution < 1.29 is 14.7 Å². The monoisotopic (exact) mass is 454 g/mol. The number of anilines is 1. The van der Waals surface area contributed by atoms with Crippen LogP contribution in [-0.4, -0.2) is 46.3 Å². The summed E-state index contributed by atoms with van der Waals surface area (Å²) in [6.45, 7) is 8.62. The third-order valence-corrected chi connectivity index (χ3v) is 5.43. The van der Waals surface area contributed by atoms with Crippen LogP contribution in [0.1, 0.15) is 37.1 Å². The van der Waals surface area contributed by atoms with Crippen LogP contribution in [0.4, 0.5) is 10.1 Å². The molecule has 0 radical (unpaired) electrons. The number of pyridine rings is 2. The van der Waals surface area contributed by atoms with Crippen LogP contribution in [0.25, 0.3) is 16.5 Å². The summed E-state index contributed by atoms with van der Waals surface area (Å²) in [4.78, 5) is 19.1. The summed E-state index contributed by atoms with van der Waals surface area (Å²) in [5, 5.41) is 21.8. The average Bonchev–Trinajstić information content (AvgIpc) is 2.80. The number of benzene rings is 1. The number of nitrogens with zero attached hydrogens (tertiary/aromatic N) is 3. The molecule has 0 saturated carbocycles. The van der Waals surface area contributed by atoms with E-state index in [1.54, 1.807) is 38.2 Å². The molecule has 1 aromatic carbocycles. The topological polar surface area (TPSA) is 90.6 Å². The van der Waals surface area contributed by atoms with Crippen LogP contribution < -0.4 is 15.8 Å². The van der Waals surface area contributed by atoms with Gasteiger partial charge in [-0.1, -0.05) is 25.1 Å². The summed E-state index contributed by atoms with van der Waals surface area (Å²) in [7, 11) is 0. The van der Waals surface area contributed by atoms with Crippen molar-refractivity contribution in [2.75, 3.05) is 31.1 Å². The van der Waals surface area contributed by atoms with Crippen molar-refractivity contribution in [3.63, 3.8) is 0 Å². The highest BCUT2D eigenvalue weighted by atomic mass is 19.1. The van der Waals surface area contributed by atoms with Gasteiger partial charge in [0.05, 0.1) is 17.6 Å².